The molecular weight excluding hydrogens is 348 g/mol. The molecule has 2 N–H and O–H groups in total. The molecule has 128 valence electrons. The topological polar surface area (TPSA) is 67.4 Å². The maximum atomic E-state index is 12.1. The first-order valence-electron chi connectivity index (χ1n) is 7.50. The van der Waals surface area contributed by atoms with E-state index in [-0.39, 0.29) is 24.3 Å². The van der Waals surface area contributed by atoms with Crippen LogP contribution in [0.4, 0.5) is 0 Å². The number of carbonyl (C=O) groups excluding carboxylic acids is 2. The Labute approximate surface area is 150 Å². The monoisotopic (exact) mass is 366 g/mol. The van der Waals surface area contributed by atoms with Crippen LogP contribution in [0.2, 0.25) is 5.02 Å². The number of hydrogen-bond acceptors (Lipinski definition) is 4. The van der Waals surface area contributed by atoms with Gasteiger partial charge in [0.05, 0.1) is 19.0 Å². The van der Waals surface area contributed by atoms with Crippen molar-refractivity contribution >= 4 is 34.8 Å². The lowest BCUT2D eigenvalue weighted by Gasteiger charge is -2.16. The Morgan fingerprint density at radius 3 is 2.62 bits per heavy atom. The molecule has 1 atom stereocenters. The molecule has 5 nitrogen and oxygen atoms in total. The summed E-state index contributed by atoms with van der Waals surface area (Å²) in [7, 11) is 0. The average Bonchev–Trinajstić information content (AvgIpc) is 3.06. The summed E-state index contributed by atoms with van der Waals surface area (Å²) in [5, 5.41) is 8.16. The third-order valence-corrected chi connectivity index (χ3v) is 4.40. The van der Waals surface area contributed by atoms with Gasteiger partial charge in [-0.2, -0.15) is 0 Å². The summed E-state index contributed by atoms with van der Waals surface area (Å²) in [6, 6.07) is 10.5. The van der Waals surface area contributed by atoms with Gasteiger partial charge < -0.3 is 15.4 Å². The molecule has 0 saturated heterocycles. The zero-order valence-electron chi connectivity index (χ0n) is 13.3. The van der Waals surface area contributed by atoms with Crippen LogP contribution in [-0.2, 0) is 9.59 Å². The van der Waals surface area contributed by atoms with Crippen LogP contribution in [0.25, 0.3) is 0 Å². The number of benzene rings is 1. The van der Waals surface area contributed by atoms with Crippen LogP contribution in [0.1, 0.15) is 24.3 Å². The van der Waals surface area contributed by atoms with Gasteiger partial charge in [0.15, 0.2) is 0 Å². The SMILES string of the molecule is CC(=O)NC(CC(=O)NCCOc1ccc(Cl)cc1)c1cccs1. The highest BCUT2D eigenvalue weighted by Gasteiger charge is 2.17. The Bertz CT molecular complexity index is 659. The molecule has 0 aliphatic heterocycles. The van der Waals surface area contributed by atoms with E-state index in [9.17, 15) is 9.59 Å². The van der Waals surface area contributed by atoms with Crippen molar-refractivity contribution in [1.82, 2.24) is 10.6 Å². The van der Waals surface area contributed by atoms with Crippen LogP contribution in [0.15, 0.2) is 41.8 Å². The first-order chi connectivity index (χ1) is 11.5. The molecule has 0 aliphatic rings. The molecule has 1 heterocycles. The lowest BCUT2D eigenvalue weighted by molar-refractivity contribution is -0.122. The highest BCUT2D eigenvalue weighted by atomic mass is 35.5. The minimum atomic E-state index is -0.306. The van der Waals surface area contributed by atoms with Gasteiger partial charge in [-0.25, -0.2) is 0 Å². The fourth-order valence-corrected chi connectivity index (χ4v) is 3.01. The van der Waals surface area contributed by atoms with Crippen molar-refractivity contribution in [1.29, 1.82) is 0 Å². The Balaban J connectivity index is 1.74. The summed E-state index contributed by atoms with van der Waals surface area (Å²) in [5.41, 5.74) is 0. The van der Waals surface area contributed by atoms with Gasteiger partial charge in [0.25, 0.3) is 0 Å². The molecule has 1 unspecified atom stereocenters. The summed E-state index contributed by atoms with van der Waals surface area (Å²) >= 11 is 7.31. The molecule has 1 aromatic carbocycles. The predicted octanol–water partition coefficient (Wildman–Crippen LogP) is 3.16. The molecule has 24 heavy (non-hydrogen) atoms. The first kappa shape index (κ1) is 18.3. The molecule has 1 aromatic heterocycles. The maximum Gasteiger partial charge on any atom is 0.222 e. The highest BCUT2D eigenvalue weighted by Crippen LogP contribution is 2.22. The number of carbonyl (C=O) groups is 2. The van der Waals surface area contributed by atoms with Crippen molar-refractivity contribution in [3.8, 4) is 5.75 Å². The zero-order chi connectivity index (χ0) is 17.4. The number of hydrogen-bond donors (Lipinski definition) is 2. The Morgan fingerprint density at radius 1 is 1.25 bits per heavy atom. The molecule has 2 rings (SSSR count). The Kier molecular flexibility index (Phi) is 7.08. The van der Waals surface area contributed by atoms with Gasteiger partial charge in [-0.1, -0.05) is 17.7 Å². The van der Waals surface area contributed by atoms with Gasteiger partial charge in [0.2, 0.25) is 11.8 Å². The predicted molar refractivity (Wildman–Crippen MR) is 95.5 cm³/mol. The molecule has 0 fully saturated rings. The molecular formula is C17H19ClN2O3S. The molecule has 0 bridgehead atoms. The molecule has 2 amide bonds. The number of amides is 2. The summed E-state index contributed by atoms with van der Waals surface area (Å²) in [4.78, 5) is 24.3. The molecule has 0 radical (unpaired) electrons. The number of rotatable bonds is 8. The number of halogens is 1. The van der Waals surface area contributed by atoms with Crippen molar-refractivity contribution < 1.29 is 14.3 Å². The van der Waals surface area contributed by atoms with E-state index < -0.39 is 0 Å². The lowest BCUT2D eigenvalue weighted by Crippen LogP contribution is -2.34. The largest absolute Gasteiger partial charge is 0.492 e. The van der Waals surface area contributed by atoms with E-state index in [0.29, 0.717) is 23.9 Å². The maximum absolute atomic E-state index is 12.1. The van der Waals surface area contributed by atoms with Gasteiger partial charge in [0.1, 0.15) is 12.4 Å². The van der Waals surface area contributed by atoms with Gasteiger partial charge >= 0.3 is 0 Å². The van der Waals surface area contributed by atoms with Crippen LogP contribution in [0.3, 0.4) is 0 Å². The molecule has 7 heteroatoms. The second-order valence-electron chi connectivity index (χ2n) is 5.12. The van der Waals surface area contributed by atoms with Gasteiger partial charge in [-0.05, 0) is 35.7 Å². The number of ether oxygens (including phenoxy) is 1. The first-order valence-corrected chi connectivity index (χ1v) is 8.76. The summed E-state index contributed by atoms with van der Waals surface area (Å²) < 4.78 is 5.51. The van der Waals surface area contributed by atoms with E-state index in [1.165, 1.54) is 18.3 Å². The quantitative estimate of drug-likeness (QED) is 0.705. The Morgan fingerprint density at radius 2 is 2.00 bits per heavy atom. The van der Waals surface area contributed by atoms with Crippen molar-refractivity contribution in [2.45, 2.75) is 19.4 Å². The van der Waals surface area contributed by atoms with Crippen molar-refractivity contribution in [3.05, 3.63) is 51.7 Å². The van der Waals surface area contributed by atoms with Gasteiger partial charge in [-0.3, -0.25) is 9.59 Å². The zero-order valence-corrected chi connectivity index (χ0v) is 14.8. The van der Waals surface area contributed by atoms with E-state index in [1.807, 2.05) is 17.5 Å². The fraction of sp³-hybridized carbons (Fsp3) is 0.294. The van der Waals surface area contributed by atoms with Crippen LogP contribution in [0, 0.1) is 0 Å². The summed E-state index contributed by atoms with van der Waals surface area (Å²) in [5.74, 6) is 0.400. The number of thiophene rings is 1. The summed E-state index contributed by atoms with van der Waals surface area (Å²) in [6.45, 7) is 2.19. The smallest absolute Gasteiger partial charge is 0.222 e. The fourth-order valence-electron chi connectivity index (χ4n) is 2.11. The lowest BCUT2D eigenvalue weighted by atomic mass is 10.1. The molecule has 0 spiro atoms. The van der Waals surface area contributed by atoms with Crippen LogP contribution < -0.4 is 15.4 Å². The number of nitrogens with one attached hydrogen (secondary N) is 2. The van der Waals surface area contributed by atoms with E-state index in [0.717, 1.165) is 4.88 Å². The second kappa shape index (κ2) is 9.30. The van der Waals surface area contributed by atoms with Crippen LogP contribution >= 0.6 is 22.9 Å². The van der Waals surface area contributed by atoms with Crippen molar-refractivity contribution in [2.75, 3.05) is 13.2 Å². The van der Waals surface area contributed by atoms with E-state index in [4.69, 9.17) is 16.3 Å². The molecule has 0 saturated carbocycles. The van der Waals surface area contributed by atoms with Crippen LogP contribution in [0.5, 0.6) is 5.75 Å². The second-order valence-corrected chi connectivity index (χ2v) is 6.54. The normalized spacial score (nSPS) is 11.6. The average molecular weight is 367 g/mol. The third kappa shape index (κ3) is 6.22. The minimum Gasteiger partial charge on any atom is -0.492 e. The molecule has 2 aromatic rings. The highest BCUT2D eigenvalue weighted by molar-refractivity contribution is 7.10. The van der Waals surface area contributed by atoms with Crippen LogP contribution in [-0.4, -0.2) is 25.0 Å². The molecule has 0 aliphatic carbocycles. The Hall–Kier alpha value is -2.05. The summed E-state index contributed by atoms with van der Waals surface area (Å²) in [6.07, 6.45) is 0.195. The van der Waals surface area contributed by atoms with E-state index in [1.54, 1.807) is 24.3 Å². The van der Waals surface area contributed by atoms with Crippen molar-refractivity contribution in [2.24, 2.45) is 0 Å². The van der Waals surface area contributed by atoms with E-state index >= 15 is 0 Å². The third-order valence-electron chi connectivity index (χ3n) is 3.16. The van der Waals surface area contributed by atoms with Crippen molar-refractivity contribution in [3.63, 3.8) is 0 Å². The van der Waals surface area contributed by atoms with Gasteiger partial charge in [0, 0.05) is 16.8 Å². The van der Waals surface area contributed by atoms with Gasteiger partial charge in [-0.15, -0.1) is 11.3 Å². The minimum absolute atomic E-state index is 0.137. The standard InChI is InChI=1S/C17H19ClN2O3S/c1-12(21)20-15(16-3-2-10-24-16)11-17(22)19-8-9-23-14-6-4-13(18)5-7-14/h2-7,10,15H,8-9,11H2,1H3,(H,19,22)(H,20,21). The van der Waals surface area contributed by atoms with E-state index in [2.05, 4.69) is 10.6 Å².